The SMILES string of the molecule is CC(C)C[C@H]1NC2(CCN(C(=O)C(C)C)CC2)N(Cc2ccccc2)C1=O. The van der Waals surface area contributed by atoms with E-state index < -0.39 is 0 Å². The molecule has 1 aromatic rings. The molecule has 0 radical (unpaired) electrons. The van der Waals surface area contributed by atoms with Crippen LogP contribution in [-0.4, -0.2) is 46.4 Å². The first-order chi connectivity index (χ1) is 12.8. The monoisotopic (exact) mass is 371 g/mol. The minimum absolute atomic E-state index is 0.0198. The summed E-state index contributed by atoms with van der Waals surface area (Å²) in [4.78, 5) is 29.6. The quantitative estimate of drug-likeness (QED) is 0.866. The van der Waals surface area contributed by atoms with Gasteiger partial charge in [0.1, 0.15) is 0 Å². The van der Waals surface area contributed by atoms with Crippen molar-refractivity contribution in [1.29, 1.82) is 0 Å². The van der Waals surface area contributed by atoms with Gasteiger partial charge in [0.15, 0.2) is 0 Å². The minimum atomic E-state index is -0.333. The first-order valence-corrected chi connectivity index (χ1v) is 10.2. The standard InChI is InChI=1S/C22H33N3O2/c1-16(2)14-19-21(27)25(15-18-8-6-5-7-9-18)22(23-19)10-12-24(13-11-22)20(26)17(3)4/h5-9,16-17,19,23H,10-15H2,1-4H3/t19-/m1/s1. The second-order valence-electron chi connectivity index (χ2n) is 8.75. The summed E-state index contributed by atoms with van der Waals surface area (Å²) in [7, 11) is 0. The van der Waals surface area contributed by atoms with Crippen LogP contribution in [0.1, 0.15) is 52.5 Å². The molecule has 2 amide bonds. The number of rotatable bonds is 5. The van der Waals surface area contributed by atoms with E-state index in [-0.39, 0.29) is 29.4 Å². The number of benzene rings is 1. The Kier molecular flexibility index (Phi) is 5.89. The maximum absolute atomic E-state index is 13.2. The van der Waals surface area contributed by atoms with Gasteiger partial charge in [-0.15, -0.1) is 0 Å². The number of hydrogen-bond acceptors (Lipinski definition) is 3. The van der Waals surface area contributed by atoms with Crippen LogP contribution in [0.15, 0.2) is 30.3 Å². The molecule has 2 aliphatic rings. The third-order valence-corrected chi connectivity index (χ3v) is 5.81. The van der Waals surface area contributed by atoms with E-state index in [0.717, 1.165) is 24.8 Å². The van der Waals surface area contributed by atoms with Crippen LogP contribution in [0.25, 0.3) is 0 Å². The minimum Gasteiger partial charge on any atom is -0.342 e. The molecule has 1 N–H and O–H groups in total. The van der Waals surface area contributed by atoms with E-state index >= 15 is 0 Å². The maximum Gasteiger partial charge on any atom is 0.241 e. The van der Waals surface area contributed by atoms with Crippen molar-refractivity contribution in [2.45, 2.75) is 65.2 Å². The van der Waals surface area contributed by atoms with Gasteiger partial charge in [0.05, 0.1) is 11.7 Å². The first kappa shape index (κ1) is 19.9. The highest BCUT2D eigenvalue weighted by Crippen LogP contribution is 2.35. The number of piperidine rings is 1. The molecule has 0 aliphatic carbocycles. The molecule has 5 heteroatoms. The van der Waals surface area contributed by atoms with Crippen molar-refractivity contribution in [3.05, 3.63) is 35.9 Å². The summed E-state index contributed by atoms with van der Waals surface area (Å²) in [6.07, 6.45) is 2.43. The first-order valence-electron chi connectivity index (χ1n) is 10.2. The fraction of sp³-hybridized carbons (Fsp3) is 0.636. The Balaban J connectivity index is 1.80. The summed E-state index contributed by atoms with van der Waals surface area (Å²) >= 11 is 0. The van der Waals surface area contributed by atoms with Crippen LogP contribution in [0, 0.1) is 11.8 Å². The second-order valence-corrected chi connectivity index (χ2v) is 8.75. The fourth-order valence-electron chi connectivity index (χ4n) is 4.37. The third-order valence-electron chi connectivity index (χ3n) is 5.81. The van der Waals surface area contributed by atoms with Crippen LogP contribution < -0.4 is 5.32 Å². The lowest BCUT2D eigenvalue weighted by molar-refractivity contribution is -0.139. The molecule has 0 saturated carbocycles. The predicted molar refractivity (Wildman–Crippen MR) is 107 cm³/mol. The lowest BCUT2D eigenvalue weighted by atomic mass is 9.94. The van der Waals surface area contributed by atoms with Crippen molar-refractivity contribution in [1.82, 2.24) is 15.1 Å². The second kappa shape index (κ2) is 8.01. The lowest BCUT2D eigenvalue weighted by Crippen LogP contribution is -2.59. The van der Waals surface area contributed by atoms with Gasteiger partial charge in [-0.3, -0.25) is 14.9 Å². The molecule has 5 nitrogen and oxygen atoms in total. The summed E-state index contributed by atoms with van der Waals surface area (Å²) in [5.41, 5.74) is 0.818. The van der Waals surface area contributed by atoms with Gasteiger partial charge in [-0.05, 0) is 17.9 Å². The average Bonchev–Trinajstić information content (AvgIpc) is 2.87. The summed E-state index contributed by atoms with van der Waals surface area (Å²) in [5.74, 6) is 0.896. The maximum atomic E-state index is 13.2. The molecule has 1 spiro atoms. The molecule has 27 heavy (non-hydrogen) atoms. The van der Waals surface area contributed by atoms with Gasteiger partial charge in [0.25, 0.3) is 0 Å². The van der Waals surface area contributed by atoms with Gasteiger partial charge >= 0.3 is 0 Å². The number of nitrogens with one attached hydrogen (secondary N) is 1. The van der Waals surface area contributed by atoms with Gasteiger partial charge in [-0.25, -0.2) is 0 Å². The van der Waals surface area contributed by atoms with E-state index in [1.807, 2.05) is 41.8 Å². The zero-order valence-electron chi connectivity index (χ0n) is 17.1. The molecule has 0 bridgehead atoms. The highest BCUT2D eigenvalue weighted by molar-refractivity contribution is 5.85. The molecule has 0 unspecified atom stereocenters. The molecule has 2 saturated heterocycles. The summed E-state index contributed by atoms with van der Waals surface area (Å²) < 4.78 is 0. The Hall–Kier alpha value is -1.88. The van der Waals surface area contributed by atoms with Gasteiger partial charge in [-0.1, -0.05) is 58.0 Å². The number of likely N-dealkylation sites (tertiary alicyclic amines) is 1. The summed E-state index contributed by atoms with van der Waals surface area (Å²) in [5, 5.41) is 3.68. The Labute approximate surface area is 163 Å². The molecule has 1 atom stereocenters. The van der Waals surface area contributed by atoms with Crippen LogP contribution >= 0.6 is 0 Å². The topological polar surface area (TPSA) is 52.7 Å². The Morgan fingerprint density at radius 2 is 1.78 bits per heavy atom. The smallest absolute Gasteiger partial charge is 0.241 e. The van der Waals surface area contributed by atoms with E-state index in [2.05, 4.69) is 31.3 Å². The Morgan fingerprint density at radius 1 is 1.15 bits per heavy atom. The lowest BCUT2D eigenvalue weighted by Gasteiger charge is -2.45. The molecule has 148 valence electrons. The van der Waals surface area contributed by atoms with Crippen molar-refractivity contribution in [2.24, 2.45) is 11.8 Å². The molecule has 2 heterocycles. The highest BCUT2D eigenvalue weighted by atomic mass is 16.2. The molecule has 3 rings (SSSR count). The number of carbonyl (C=O) groups is 2. The fourth-order valence-corrected chi connectivity index (χ4v) is 4.37. The van der Waals surface area contributed by atoms with Crippen LogP contribution in [0.3, 0.4) is 0 Å². The normalized spacial score (nSPS) is 22.3. The van der Waals surface area contributed by atoms with E-state index in [1.165, 1.54) is 0 Å². The Morgan fingerprint density at radius 3 is 2.33 bits per heavy atom. The van der Waals surface area contributed by atoms with Gasteiger partial charge < -0.3 is 9.80 Å². The van der Waals surface area contributed by atoms with E-state index in [1.54, 1.807) is 0 Å². The van der Waals surface area contributed by atoms with Crippen LogP contribution in [0.2, 0.25) is 0 Å². The highest BCUT2D eigenvalue weighted by Gasteiger charge is 2.51. The van der Waals surface area contributed by atoms with Crippen LogP contribution in [0.5, 0.6) is 0 Å². The van der Waals surface area contributed by atoms with Crippen molar-refractivity contribution < 1.29 is 9.59 Å². The third kappa shape index (κ3) is 4.18. The van der Waals surface area contributed by atoms with Crippen molar-refractivity contribution >= 4 is 11.8 Å². The zero-order chi connectivity index (χ0) is 19.6. The molecular formula is C22H33N3O2. The summed E-state index contributed by atoms with van der Waals surface area (Å²) in [6.45, 7) is 10.2. The van der Waals surface area contributed by atoms with Crippen LogP contribution in [0.4, 0.5) is 0 Å². The Bertz CT molecular complexity index is 663. The van der Waals surface area contributed by atoms with Gasteiger partial charge in [0, 0.05) is 38.4 Å². The van der Waals surface area contributed by atoms with Gasteiger partial charge in [-0.2, -0.15) is 0 Å². The van der Waals surface area contributed by atoms with Gasteiger partial charge in [0.2, 0.25) is 11.8 Å². The van der Waals surface area contributed by atoms with Crippen molar-refractivity contribution in [3.8, 4) is 0 Å². The summed E-state index contributed by atoms with van der Waals surface area (Å²) in [6, 6.07) is 10.1. The number of nitrogens with zero attached hydrogens (tertiary/aromatic N) is 2. The van der Waals surface area contributed by atoms with E-state index in [9.17, 15) is 9.59 Å². The zero-order valence-corrected chi connectivity index (χ0v) is 17.1. The number of hydrogen-bond donors (Lipinski definition) is 1. The predicted octanol–water partition coefficient (Wildman–Crippen LogP) is 3.01. The van der Waals surface area contributed by atoms with Crippen LogP contribution in [-0.2, 0) is 16.1 Å². The number of carbonyl (C=O) groups excluding carboxylic acids is 2. The molecule has 1 aromatic carbocycles. The molecule has 2 fully saturated rings. The average molecular weight is 372 g/mol. The van der Waals surface area contributed by atoms with Crippen molar-refractivity contribution in [3.63, 3.8) is 0 Å². The van der Waals surface area contributed by atoms with Crippen molar-refractivity contribution in [2.75, 3.05) is 13.1 Å². The number of amides is 2. The molecular weight excluding hydrogens is 338 g/mol. The molecule has 2 aliphatic heterocycles. The largest absolute Gasteiger partial charge is 0.342 e. The van der Waals surface area contributed by atoms with E-state index in [0.29, 0.717) is 25.6 Å². The molecule has 0 aromatic heterocycles. The van der Waals surface area contributed by atoms with E-state index in [4.69, 9.17) is 0 Å².